The molecule has 47 heavy (non-hydrogen) atoms. The quantitative estimate of drug-likeness (QED) is 0.0354. The van der Waals surface area contributed by atoms with Crippen LogP contribution in [0.2, 0.25) is 0 Å². The van der Waals surface area contributed by atoms with E-state index in [1.807, 2.05) is 0 Å². The number of nitrogens with two attached hydrogens (primary N) is 4. The number of imidazole rings is 2. The van der Waals surface area contributed by atoms with Crippen LogP contribution < -0.4 is 52.5 Å². The van der Waals surface area contributed by atoms with Gasteiger partial charge in [-0.2, -0.15) is 24.4 Å². The molecular formula is C24H38ClN12NaO7S2. The van der Waals surface area contributed by atoms with Gasteiger partial charge in [0.15, 0.2) is 35.4 Å². The van der Waals surface area contributed by atoms with Crippen molar-refractivity contribution in [3.05, 3.63) is 25.3 Å². The number of aliphatic hydroxyl groups is 4. The van der Waals surface area contributed by atoms with Crippen LogP contribution in [-0.2, 0) is 9.47 Å². The number of ether oxygens (including phenoxy) is 2. The van der Waals surface area contributed by atoms with E-state index < -0.39 is 49.1 Å². The number of thioether (sulfide) groups is 1. The maximum atomic E-state index is 10.3. The molecule has 0 amide bonds. The number of rotatable bonds is 8. The van der Waals surface area contributed by atoms with Gasteiger partial charge in [0.2, 0.25) is 0 Å². The number of hydrogen-bond donors (Lipinski definition) is 9. The van der Waals surface area contributed by atoms with Crippen molar-refractivity contribution in [3.8, 4) is 0 Å². The molecule has 256 valence electrons. The predicted molar refractivity (Wildman–Crippen MR) is 173 cm³/mol. The van der Waals surface area contributed by atoms with Crippen molar-refractivity contribution >= 4 is 70.0 Å². The zero-order valence-corrected chi connectivity index (χ0v) is 29.8. The molecule has 0 spiro atoms. The molecule has 13 N–H and O–H groups in total. The number of hydrogen-bond acceptors (Lipinski definition) is 19. The minimum absolute atomic E-state index is 0. The van der Waals surface area contributed by atoms with Gasteiger partial charge >= 0.3 is 29.6 Å². The molecule has 2 fully saturated rings. The van der Waals surface area contributed by atoms with Crippen molar-refractivity contribution in [1.29, 1.82) is 0 Å². The van der Waals surface area contributed by atoms with Crippen molar-refractivity contribution in [2.75, 3.05) is 47.7 Å². The van der Waals surface area contributed by atoms with Crippen LogP contribution in [0.4, 0.5) is 11.6 Å². The third kappa shape index (κ3) is 9.32. The Morgan fingerprint density at radius 3 is 1.62 bits per heavy atom. The predicted octanol–water partition coefficient (Wildman–Crippen LogP) is -5.31. The Hall–Kier alpha value is -1.67. The molecule has 4 aromatic heterocycles. The minimum atomic E-state index is -1.11. The molecule has 0 radical (unpaired) electrons. The minimum Gasteiger partial charge on any atom is -0.870 e. The summed E-state index contributed by atoms with van der Waals surface area (Å²) in [6, 6.07) is 0. The van der Waals surface area contributed by atoms with Crippen molar-refractivity contribution in [2.45, 2.75) is 49.1 Å². The number of nitrogen functional groups attached to an aromatic ring is 2. The van der Waals surface area contributed by atoms with Gasteiger partial charge in [0.1, 0.15) is 54.2 Å². The second kappa shape index (κ2) is 19.5. The van der Waals surface area contributed by atoms with E-state index in [9.17, 15) is 20.4 Å². The molecule has 2 aliphatic rings. The van der Waals surface area contributed by atoms with Gasteiger partial charge in [-0.05, 0) is 0 Å². The van der Waals surface area contributed by atoms with E-state index in [1.165, 1.54) is 29.9 Å². The smallest absolute Gasteiger partial charge is 0.870 e. The Bertz CT molecular complexity index is 1530. The molecule has 2 saturated heterocycles. The number of fused-ring (bicyclic) bond motifs is 2. The van der Waals surface area contributed by atoms with Crippen LogP contribution >= 0.6 is 36.0 Å². The Balaban J connectivity index is 0.000000285. The second-order valence-corrected chi connectivity index (χ2v) is 11.7. The van der Waals surface area contributed by atoms with Crippen LogP contribution in [0.1, 0.15) is 12.5 Å². The Morgan fingerprint density at radius 2 is 1.21 bits per heavy atom. The fourth-order valence-electron chi connectivity index (χ4n) is 4.58. The monoisotopic (exact) mass is 728 g/mol. The third-order valence-corrected chi connectivity index (χ3v) is 8.47. The van der Waals surface area contributed by atoms with E-state index in [2.05, 4.69) is 42.5 Å². The number of halogens is 1. The summed E-state index contributed by atoms with van der Waals surface area (Å²) < 4.78 is 14.4. The van der Waals surface area contributed by atoms with Crippen molar-refractivity contribution < 1.29 is 64.9 Å². The van der Waals surface area contributed by atoms with Gasteiger partial charge in [-0.25, -0.2) is 29.9 Å². The summed E-state index contributed by atoms with van der Waals surface area (Å²) in [4.78, 5) is 24.1. The summed E-state index contributed by atoms with van der Waals surface area (Å²) in [7, 11) is 0. The third-order valence-electron chi connectivity index (χ3n) is 6.82. The van der Waals surface area contributed by atoms with Crippen LogP contribution in [0.15, 0.2) is 25.3 Å². The Labute approximate surface area is 305 Å². The summed E-state index contributed by atoms with van der Waals surface area (Å²) in [5, 5.41) is 40.2. The Kier molecular flexibility index (Phi) is 17.2. The normalized spacial score (nSPS) is 26.6. The van der Waals surface area contributed by atoms with Gasteiger partial charge in [0.05, 0.1) is 24.6 Å². The number of aromatic nitrogens is 8. The molecule has 8 atom stereocenters. The summed E-state index contributed by atoms with van der Waals surface area (Å²) in [5.74, 6) is 2.69. The van der Waals surface area contributed by atoms with Gasteiger partial charge in [-0.15, -0.1) is 11.6 Å². The molecule has 6 heterocycles. The largest absolute Gasteiger partial charge is 1.00 e. The molecule has 2 aliphatic heterocycles. The first kappa shape index (κ1) is 41.5. The topological polar surface area (TPSA) is 321 Å². The SMILES string of the molecule is NCCS.NCCSC[C@@H]1O[C@H](n2cnc3c(N)ncnc32)[C@@H](O)[C@H]1O.Nc1ncnc2c1ncn2[C@H]1O[C@@H](CCl)[C@H](O)[C@@H]1O.[Na+].[OH-]. The fraction of sp³-hybridized carbons (Fsp3) is 0.583. The van der Waals surface area contributed by atoms with Crippen LogP contribution in [0.3, 0.4) is 0 Å². The standard InChI is InChI=1S/C12H18N6O3S.C10H12ClN5O3.C2H7NS.Na.H2O/c13-1-2-22-3-6-8(19)9(20)12(21-6)18-5-17-7-10(14)15-4-16-11(7)18;11-1-4-6(17)7(18)10(19-4)16-3-15-5-8(12)13-2-14-9(5)16;3-1-2-4;;/h4-6,8-9,12,19-20H,1-3,13H2,(H2,14,15,16);2-4,6-7,10,17-18H,1H2,(H2,12,13,14);4H,1-3H2;;1H2/q;;;+1;/p-1/t6-,8-,9-,12-;4-,6-,7-,10-;;;/m00.../s1. The second-order valence-electron chi connectivity index (χ2n) is 9.79. The Morgan fingerprint density at radius 1 is 0.766 bits per heavy atom. The van der Waals surface area contributed by atoms with E-state index in [1.54, 1.807) is 16.3 Å². The molecule has 0 aliphatic carbocycles. The van der Waals surface area contributed by atoms with Crippen molar-refractivity contribution in [3.63, 3.8) is 0 Å². The number of alkyl halides is 1. The van der Waals surface area contributed by atoms with Gasteiger partial charge in [0, 0.05) is 30.3 Å². The number of anilines is 2. The van der Waals surface area contributed by atoms with Crippen LogP contribution in [0, 0.1) is 0 Å². The number of nitrogens with zero attached hydrogens (tertiary/aromatic N) is 8. The van der Waals surface area contributed by atoms with E-state index in [4.69, 9.17) is 44.0 Å². The maximum absolute atomic E-state index is 10.3. The summed E-state index contributed by atoms with van der Waals surface area (Å²) in [6.07, 6.45) is -1.38. The number of aliphatic hydroxyl groups excluding tert-OH is 4. The van der Waals surface area contributed by atoms with Gasteiger partial charge in [0.25, 0.3) is 0 Å². The van der Waals surface area contributed by atoms with E-state index in [0.29, 0.717) is 41.2 Å². The molecule has 4 aromatic rings. The fourth-order valence-corrected chi connectivity index (χ4v) is 5.68. The van der Waals surface area contributed by atoms with Crippen molar-refractivity contribution in [1.82, 2.24) is 39.0 Å². The van der Waals surface area contributed by atoms with Gasteiger partial charge in [-0.1, -0.05) is 0 Å². The molecule has 19 nitrogen and oxygen atoms in total. The maximum Gasteiger partial charge on any atom is 1.00 e. The van der Waals surface area contributed by atoms with E-state index >= 15 is 0 Å². The van der Waals surface area contributed by atoms with Crippen LogP contribution in [0.5, 0.6) is 0 Å². The molecule has 0 aromatic carbocycles. The molecule has 0 unspecified atom stereocenters. The first-order chi connectivity index (χ1) is 21.7. The van der Waals surface area contributed by atoms with Gasteiger partial charge in [-0.3, -0.25) is 9.13 Å². The van der Waals surface area contributed by atoms with E-state index in [-0.39, 0.29) is 52.5 Å². The summed E-state index contributed by atoms with van der Waals surface area (Å²) in [6.45, 7) is 1.24. The molecule has 23 heteroatoms. The first-order valence-corrected chi connectivity index (χ1v) is 16.0. The van der Waals surface area contributed by atoms with Crippen LogP contribution in [-0.4, -0.2) is 138 Å². The molecule has 6 rings (SSSR count). The van der Waals surface area contributed by atoms with Crippen molar-refractivity contribution in [2.24, 2.45) is 11.5 Å². The zero-order valence-electron chi connectivity index (χ0n) is 25.3. The first-order valence-electron chi connectivity index (χ1n) is 13.7. The molecular weight excluding hydrogens is 691 g/mol. The molecule has 0 bridgehead atoms. The average molecular weight is 729 g/mol. The number of thiol groups is 1. The van der Waals surface area contributed by atoms with Gasteiger partial charge < -0.3 is 58.3 Å². The molecule has 0 saturated carbocycles. The van der Waals surface area contributed by atoms with E-state index in [0.717, 1.165) is 11.5 Å². The average Bonchev–Trinajstić information content (AvgIpc) is 3.80. The van der Waals surface area contributed by atoms with Crippen LogP contribution in [0.25, 0.3) is 22.3 Å². The zero-order chi connectivity index (χ0) is 32.7. The summed E-state index contributed by atoms with van der Waals surface area (Å²) in [5.41, 5.74) is 23.6. The summed E-state index contributed by atoms with van der Waals surface area (Å²) >= 11 is 11.0.